The van der Waals surface area contributed by atoms with Crippen molar-refractivity contribution in [3.05, 3.63) is 99.8 Å². The fourth-order valence-corrected chi connectivity index (χ4v) is 6.82. The number of ketones is 1. The Morgan fingerprint density at radius 2 is 2.03 bits per heavy atom. The lowest BCUT2D eigenvalue weighted by molar-refractivity contribution is -0.817. The molecule has 2 heterocycles. The van der Waals surface area contributed by atoms with E-state index in [1.54, 1.807) is 48.7 Å². The molecule has 0 amide bonds. The van der Waals surface area contributed by atoms with Crippen LogP contribution in [0.3, 0.4) is 0 Å². The summed E-state index contributed by atoms with van der Waals surface area (Å²) in [5.41, 5.74) is 5.37. The summed E-state index contributed by atoms with van der Waals surface area (Å²) in [4.78, 5) is 21.6. The molecule has 2 aromatic rings. The van der Waals surface area contributed by atoms with Crippen LogP contribution in [0.1, 0.15) is 40.6 Å². The maximum Gasteiger partial charge on any atom is 0.203 e. The van der Waals surface area contributed by atoms with Crippen molar-refractivity contribution in [2.75, 3.05) is 31.4 Å². The van der Waals surface area contributed by atoms with Gasteiger partial charge in [0.25, 0.3) is 0 Å². The van der Waals surface area contributed by atoms with Crippen LogP contribution in [0.2, 0.25) is 0 Å². The summed E-state index contributed by atoms with van der Waals surface area (Å²) in [6, 6.07) is 11.5. The summed E-state index contributed by atoms with van der Waals surface area (Å²) in [6.45, 7) is 0.615. The number of rotatable bonds is 7. The smallest absolute Gasteiger partial charge is 0.203 e. The summed E-state index contributed by atoms with van der Waals surface area (Å²) in [7, 11) is -1.82. The number of hydroxylamine groups is 2. The van der Waals surface area contributed by atoms with E-state index < -0.39 is 20.9 Å². The van der Waals surface area contributed by atoms with Crippen LogP contribution in [0.15, 0.2) is 83.4 Å². The highest BCUT2D eigenvalue weighted by molar-refractivity contribution is 7.91. The van der Waals surface area contributed by atoms with E-state index in [9.17, 15) is 18.4 Å². The molecule has 0 saturated heterocycles. The van der Waals surface area contributed by atoms with Crippen molar-refractivity contribution >= 4 is 21.3 Å². The highest BCUT2D eigenvalue weighted by atomic mass is 32.2. The van der Waals surface area contributed by atoms with Gasteiger partial charge in [-0.2, -0.15) is 0 Å². The van der Waals surface area contributed by atoms with Gasteiger partial charge >= 0.3 is 0 Å². The second kappa shape index (κ2) is 10.2. The van der Waals surface area contributed by atoms with Gasteiger partial charge in [0.05, 0.1) is 30.0 Å². The fraction of sp³-hybridized carbons (Fsp3) is 0.310. The highest BCUT2D eigenvalue weighted by Crippen LogP contribution is 2.42. The van der Waals surface area contributed by atoms with E-state index in [0.29, 0.717) is 17.9 Å². The van der Waals surface area contributed by atoms with Gasteiger partial charge in [-0.1, -0.05) is 36.3 Å². The molecular formula is C29H30N4O4S. The number of carbonyl (C=O) groups excluding carboxylic acids is 1. The Labute approximate surface area is 223 Å². The third-order valence-corrected chi connectivity index (χ3v) is 8.64. The van der Waals surface area contributed by atoms with Gasteiger partial charge in [0.15, 0.2) is 21.8 Å². The number of fused-ring (bicyclic) bond motifs is 2. The predicted molar refractivity (Wildman–Crippen MR) is 147 cm³/mol. The average molecular weight is 531 g/mol. The first kappa shape index (κ1) is 25.9. The monoisotopic (exact) mass is 530 g/mol. The van der Waals surface area contributed by atoms with Crippen LogP contribution in [0.5, 0.6) is 0 Å². The van der Waals surface area contributed by atoms with Gasteiger partial charge in [0, 0.05) is 25.6 Å². The number of terminal acetylenes is 1. The minimum absolute atomic E-state index is 0.0622. The van der Waals surface area contributed by atoms with Gasteiger partial charge in [0.1, 0.15) is 11.4 Å². The molecule has 1 aliphatic heterocycles. The minimum atomic E-state index is -3.73. The number of pyridine rings is 1. The Bertz CT molecular complexity index is 1490. The van der Waals surface area contributed by atoms with Crippen molar-refractivity contribution in [3.63, 3.8) is 0 Å². The second-order valence-electron chi connectivity index (χ2n) is 9.98. The fourth-order valence-electron chi connectivity index (χ4n) is 5.66. The molecule has 38 heavy (non-hydrogen) atoms. The minimum Gasteiger partial charge on any atom is -0.628 e. The molecule has 1 aromatic heterocycles. The Hall–Kier alpha value is -3.71. The Morgan fingerprint density at radius 3 is 2.68 bits per heavy atom. The molecule has 0 radical (unpaired) electrons. The number of carbonyl (C=O) groups is 1. The molecule has 196 valence electrons. The summed E-state index contributed by atoms with van der Waals surface area (Å²) in [5.74, 6) is 2.14. The molecule has 1 aromatic carbocycles. The van der Waals surface area contributed by atoms with Crippen LogP contribution in [-0.2, 0) is 9.84 Å². The van der Waals surface area contributed by atoms with Crippen LogP contribution in [0.4, 0.5) is 5.69 Å². The molecule has 3 atom stereocenters. The third kappa shape index (κ3) is 4.78. The zero-order valence-electron chi connectivity index (χ0n) is 21.4. The van der Waals surface area contributed by atoms with Crippen LogP contribution in [-0.4, -0.2) is 56.6 Å². The Kier molecular flexibility index (Phi) is 6.97. The first-order chi connectivity index (χ1) is 18.2. The molecular weight excluding hydrogens is 500 g/mol. The lowest BCUT2D eigenvalue weighted by Gasteiger charge is -2.40. The van der Waals surface area contributed by atoms with E-state index in [0.717, 1.165) is 36.8 Å². The maximum absolute atomic E-state index is 13.3. The summed E-state index contributed by atoms with van der Waals surface area (Å²) >= 11 is 0. The Morgan fingerprint density at radius 1 is 1.26 bits per heavy atom. The molecule has 0 spiro atoms. The van der Waals surface area contributed by atoms with Crippen molar-refractivity contribution in [2.24, 2.45) is 0 Å². The topological polar surface area (TPSA) is 98.1 Å². The number of aromatic nitrogens is 1. The van der Waals surface area contributed by atoms with Crippen molar-refractivity contribution in [3.8, 4) is 12.3 Å². The second-order valence-corrected chi connectivity index (χ2v) is 12.1. The Balaban J connectivity index is 1.49. The zero-order chi connectivity index (χ0) is 27.0. The number of hydrogen-bond donors (Lipinski definition) is 1. The van der Waals surface area contributed by atoms with Gasteiger partial charge in [-0.25, -0.2) is 8.42 Å². The van der Waals surface area contributed by atoms with Crippen LogP contribution < -0.4 is 9.96 Å². The van der Waals surface area contributed by atoms with E-state index >= 15 is 0 Å². The molecule has 3 aliphatic rings. The van der Waals surface area contributed by atoms with E-state index in [-0.39, 0.29) is 23.3 Å². The SMILES string of the molecule is C#CCN(c1ccc(C(=O)C(c2ccccc2)S(C)(=O)=O)nc1)C1C=C2C(=CN(C)C[NH+]2[O-])C2=C1CCC2. The number of sulfone groups is 1. The first-order valence-electron chi connectivity index (χ1n) is 12.5. The summed E-state index contributed by atoms with van der Waals surface area (Å²) < 4.78 is 25.1. The van der Waals surface area contributed by atoms with Crippen LogP contribution >= 0.6 is 0 Å². The largest absolute Gasteiger partial charge is 0.628 e. The van der Waals surface area contributed by atoms with E-state index in [1.165, 1.54) is 11.1 Å². The van der Waals surface area contributed by atoms with Gasteiger partial charge in [-0.15, -0.1) is 6.42 Å². The van der Waals surface area contributed by atoms with Gasteiger partial charge < -0.3 is 20.1 Å². The molecule has 0 fully saturated rings. The number of anilines is 1. The molecule has 2 aliphatic carbocycles. The van der Waals surface area contributed by atoms with Gasteiger partial charge in [-0.05, 0) is 48.1 Å². The van der Waals surface area contributed by atoms with E-state index in [1.807, 2.05) is 22.9 Å². The quantitative estimate of drug-likeness (QED) is 0.334. The zero-order valence-corrected chi connectivity index (χ0v) is 22.2. The maximum atomic E-state index is 13.3. The van der Waals surface area contributed by atoms with Crippen molar-refractivity contribution in [1.82, 2.24) is 9.88 Å². The molecule has 5 rings (SSSR count). The number of nitrogens with zero attached hydrogens (tertiary/aromatic N) is 3. The number of benzene rings is 1. The van der Waals surface area contributed by atoms with Gasteiger partial charge in [0.2, 0.25) is 5.78 Å². The number of quaternary nitrogens is 1. The highest BCUT2D eigenvalue weighted by Gasteiger charge is 2.38. The molecule has 8 nitrogen and oxygen atoms in total. The molecule has 1 N–H and O–H groups in total. The van der Waals surface area contributed by atoms with Gasteiger partial charge in [-0.3, -0.25) is 9.78 Å². The van der Waals surface area contributed by atoms with Crippen molar-refractivity contribution < 1.29 is 18.3 Å². The van der Waals surface area contributed by atoms with E-state index in [2.05, 4.69) is 17.1 Å². The number of nitrogens with one attached hydrogen (secondary N) is 1. The van der Waals surface area contributed by atoms with Crippen LogP contribution in [0, 0.1) is 17.6 Å². The normalized spacial score (nSPS) is 21.6. The number of Topliss-reactive ketones (excluding diaryl/α,β-unsaturated/α-hetero) is 1. The first-order valence-corrected chi connectivity index (χ1v) is 14.5. The molecule has 0 bridgehead atoms. The lowest BCUT2D eigenvalue weighted by Crippen LogP contribution is -3.08. The summed E-state index contributed by atoms with van der Waals surface area (Å²) in [5, 5.41) is 11.7. The number of hydrogen-bond acceptors (Lipinski definition) is 7. The number of allylic oxidation sites excluding steroid dienone is 1. The summed E-state index contributed by atoms with van der Waals surface area (Å²) in [6.07, 6.45) is 15.3. The predicted octanol–water partition coefficient (Wildman–Crippen LogP) is 2.41. The molecule has 0 saturated carbocycles. The van der Waals surface area contributed by atoms with Crippen molar-refractivity contribution in [1.29, 1.82) is 0 Å². The van der Waals surface area contributed by atoms with Crippen molar-refractivity contribution in [2.45, 2.75) is 30.6 Å². The lowest BCUT2D eigenvalue weighted by atomic mass is 9.87. The standard InChI is InChI=1S/C29H30N4O4S/c1-4-15-32(26-16-27-24(18-31(2)19-33(27)35)22-11-8-12-23(22)26)21-13-14-25(30-17-21)28(34)29(38(3,36)37)20-9-6-5-7-10-20/h1,5-7,9-10,13-14,16-18,26,29,33H,8,11-12,15,19H2,2-3H3. The average Bonchev–Trinajstić information content (AvgIpc) is 3.38. The molecule has 9 heteroatoms. The third-order valence-electron chi connectivity index (χ3n) is 7.30. The molecule has 3 unspecified atom stereocenters. The van der Waals surface area contributed by atoms with Crippen LogP contribution in [0.25, 0.3) is 0 Å². The van der Waals surface area contributed by atoms with E-state index in [4.69, 9.17) is 6.42 Å².